The summed E-state index contributed by atoms with van der Waals surface area (Å²) in [6.07, 6.45) is 2.63. The second-order valence-corrected chi connectivity index (χ2v) is 8.85. The minimum Gasteiger partial charge on any atom is -0.497 e. The molecule has 2 atom stereocenters. The standard InChI is InChI=1S/C23H33N5O3/c1-16-13-26(14-17(2)31-16)15-19-8-10-27(11-9-19)23(29)22-18(3)28(25-24-22)20-6-5-7-21(12-20)30-4/h5-7,12,16-17,19H,8-11,13-15H2,1-4H3. The van der Waals surface area contributed by atoms with E-state index in [0.29, 0.717) is 23.8 Å². The van der Waals surface area contributed by atoms with Crippen LogP contribution in [-0.2, 0) is 4.74 Å². The monoisotopic (exact) mass is 427 g/mol. The second-order valence-electron chi connectivity index (χ2n) is 8.85. The number of carbonyl (C=O) groups is 1. The van der Waals surface area contributed by atoms with Crippen molar-refractivity contribution in [2.75, 3.05) is 39.8 Å². The zero-order chi connectivity index (χ0) is 22.0. The van der Waals surface area contributed by atoms with Crippen molar-refractivity contribution < 1.29 is 14.3 Å². The van der Waals surface area contributed by atoms with Crippen LogP contribution in [0.25, 0.3) is 5.69 Å². The Morgan fingerprint density at radius 2 is 1.90 bits per heavy atom. The van der Waals surface area contributed by atoms with E-state index in [-0.39, 0.29) is 5.91 Å². The van der Waals surface area contributed by atoms with Crippen LogP contribution in [0.2, 0.25) is 0 Å². The van der Waals surface area contributed by atoms with Gasteiger partial charge in [-0.15, -0.1) is 5.10 Å². The van der Waals surface area contributed by atoms with Gasteiger partial charge >= 0.3 is 0 Å². The molecule has 2 aliphatic heterocycles. The normalized spacial score (nSPS) is 23.2. The van der Waals surface area contributed by atoms with Gasteiger partial charge in [0.1, 0.15) is 5.75 Å². The van der Waals surface area contributed by atoms with Crippen molar-refractivity contribution in [1.82, 2.24) is 24.8 Å². The molecule has 0 aliphatic carbocycles. The van der Waals surface area contributed by atoms with Gasteiger partial charge < -0.3 is 14.4 Å². The summed E-state index contributed by atoms with van der Waals surface area (Å²) >= 11 is 0. The number of carbonyl (C=O) groups excluding carboxylic acids is 1. The Bertz CT molecular complexity index is 896. The highest BCUT2D eigenvalue weighted by atomic mass is 16.5. The van der Waals surface area contributed by atoms with Gasteiger partial charge in [0.05, 0.1) is 30.7 Å². The van der Waals surface area contributed by atoms with Crippen LogP contribution in [0.4, 0.5) is 0 Å². The Morgan fingerprint density at radius 3 is 2.58 bits per heavy atom. The van der Waals surface area contributed by atoms with E-state index >= 15 is 0 Å². The molecular weight excluding hydrogens is 394 g/mol. The number of hydrogen-bond acceptors (Lipinski definition) is 6. The van der Waals surface area contributed by atoms with Crippen molar-refractivity contribution in [1.29, 1.82) is 0 Å². The largest absolute Gasteiger partial charge is 0.497 e. The summed E-state index contributed by atoms with van der Waals surface area (Å²) in [7, 11) is 1.63. The molecule has 31 heavy (non-hydrogen) atoms. The number of methoxy groups -OCH3 is 1. The minimum absolute atomic E-state index is 0.0290. The van der Waals surface area contributed by atoms with Gasteiger partial charge in [-0.3, -0.25) is 9.69 Å². The first-order chi connectivity index (χ1) is 14.9. The number of aromatic nitrogens is 3. The summed E-state index contributed by atoms with van der Waals surface area (Å²) in [5.74, 6) is 1.33. The zero-order valence-electron chi connectivity index (χ0n) is 19.0. The molecule has 0 radical (unpaired) electrons. The van der Waals surface area contributed by atoms with Gasteiger partial charge in [0.2, 0.25) is 0 Å². The first kappa shape index (κ1) is 21.8. The smallest absolute Gasteiger partial charge is 0.276 e. The molecule has 2 fully saturated rings. The second kappa shape index (κ2) is 9.36. The minimum atomic E-state index is -0.0290. The van der Waals surface area contributed by atoms with Crippen LogP contribution in [0.15, 0.2) is 24.3 Å². The van der Waals surface area contributed by atoms with Gasteiger partial charge in [-0.2, -0.15) is 0 Å². The maximum absolute atomic E-state index is 13.1. The summed E-state index contributed by atoms with van der Waals surface area (Å²) in [6, 6.07) is 7.59. The summed E-state index contributed by atoms with van der Waals surface area (Å²) in [5, 5.41) is 8.44. The number of amides is 1. The van der Waals surface area contributed by atoms with Crippen molar-refractivity contribution >= 4 is 5.91 Å². The number of morpholine rings is 1. The lowest BCUT2D eigenvalue weighted by Gasteiger charge is -2.39. The van der Waals surface area contributed by atoms with Crippen molar-refractivity contribution in [2.24, 2.45) is 5.92 Å². The predicted octanol–water partition coefficient (Wildman–Crippen LogP) is 2.55. The molecule has 1 amide bonds. The summed E-state index contributed by atoms with van der Waals surface area (Å²) in [5.41, 5.74) is 2.00. The highest BCUT2D eigenvalue weighted by Gasteiger charge is 2.30. The molecule has 2 unspecified atom stereocenters. The van der Waals surface area contributed by atoms with E-state index in [1.807, 2.05) is 36.1 Å². The van der Waals surface area contributed by atoms with E-state index in [2.05, 4.69) is 29.1 Å². The number of likely N-dealkylation sites (tertiary alicyclic amines) is 1. The molecule has 1 aromatic heterocycles. The maximum atomic E-state index is 13.1. The summed E-state index contributed by atoms with van der Waals surface area (Å²) in [6.45, 7) is 10.8. The Kier molecular flexibility index (Phi) is 6.57. The molecule has 0 spiro atoms. The highest BCUT2D eigenvalue weighted by molar-refractivity contribution is 5.93. The lowest BCUT2D eigenvalue weighted by molar-refractivity contribution is -0.0728. The van der Waals surface area contributed by atoms with Crippen molar-refractivity contribution in [3.05, 3.63) is 35.7 Å². The Balaban J connectivity index is 1.36. The Labute approximate surface area is 184 Å². The molecule has 8 nitrogen and oxygen atoms in total. The van der Waals surface area contributed by atoms with Crippen LogP contribution < -0.4 is 4.74 Å². The van der Waals surface area contributed by atoms with Crippen LogP contribution in [0.1, 0.15) is 42.9 Å². The lowest BCUT2D eigenvalue weighted by atomic mass is 9.95. The van der Waals surface area contributed by atoms with Gasteiger partial charge in [-0.05, 0) is 51.7 Å². The Morgan fingerprint density at radius 1 is 1.19 bits per heavy atom. The van der Waals surface area contributed by atoms with E-state index in [0.717, 1.165) is 62.7 Å². The van der Waals surface area contributed by atoms with Gasteiger partial charge in [0.25, 0.3) is 5.91 Å². The number of ether oxygens (including phenoxy) is 2. The molecule has 8 heteroatoms. The van der Waals surface area contributed by atoms with Crippen molar-refractivity contribution in [3.8, 4) is 11.4 Å². The van der Waals surface area contributed by atoms with E-state index < -0.39 is 0 Å². The first-order valence-electron chi connectivity index (χ1n) is 11.2. The fraction of sp³-hybridized carbons (Fsp3) is 0.609. The van der Waals surface area contributed by atoms with Crippen LogP contribution in [0, 0.1) is 12.8 Å². The molecule has 4 rings (SSSR count). The van der Waals surface area contributed by atoms with Crippen molar-refractivity contribution in [3.63, 3.8) is 0 Å². The van der Waals surface area contributed by atoms with Gasteiger partial charge in [0, 0.05) is 38.8 Å². The highest BCUT2D eigenvalue weighted by Crippen LogP contribution is 2.23. The molecule has 2 aliphatic rings. The van der Waals surface area contributed by atoms with Crippen LogP contribution >= 0.6 is 0 Å². The maximum Gasteiger partial charge on any atom is 0.276 e. The van der Waals surface area contributed by atoms with Gasteiger partial charge in [-0.1, -0.05) is 11.3 Å². The predicted molar refractivity (Wildman–Crippen MR) is 118 cm³/mol. The van der Waals surface area contributed by atoms with Gasteiger partial charge in [-0.25, -0.2) is 4.68 Å². The fourth-order valence-electron chi connectivity index (χ4n) is 4.78. The molecular formula is C23H33N5O3. The molecule has 168 valence electrons. The quantitative estimate of drug-likeness (QED) is 0.730. The molecule has 0 N–H and O–H groups in total. The lowest BCUT2D eigenvalue weighted by Crippen LogP contribution is -2.48. The summed E-state index contributed by atoms with van der Waals surface area (Å²) < 4.78 is 12.8. The average Bonchev–Trinajstić information content (AvgIpc) is 3.14. The number of nitrogens with zero attached hydrogens (tertiary/aromatic N) is 5. The van der Waals surface area contributed by atoms with E-state index in [4.69, 9.17) is 9.47 Å². The number of piperidine rings is 1. The van der Waals surface area contributed by atoms with E-state index in [1.54, 1.807) is 11.8 Å². The van der Waals surface area contributed by atoms with Crippen LogP contribution in [-0.4, -0.2) is 82.7 Å². The average molecular weight is 428 g/mol. The van der Waals surface area contributed by atoms with E-state index in [9.17, 15) is 4.79 Å². The molecule has 2 saturated heterocycles. The van der Waals surface area contributed by atoms with Crippen LogP contribution in [0.3, 0.4) is 0 Å². The van der Waals surface area contributed by atoms with Gasteiger partial charge in [0.15, 0.2) is 5.69 Å². The SMILES string of the molecule is COc1cccc(-n2nnc(C(=O)N3CCC(CN4CC(C)OC(C)C4)CC3)c2C)c1. The first-order valence-corrected chi connectivity index (χ1v) is 11.2. The summed E-state index contributed by atoms with van der Waals surface area (Å²) in [4.78, 5) is 17.6. The third-order valence-electron chi connectivity index (χ3n) is 6.31. The number of benzene rings is 1. The van der Waals surface area contributed by atoms with E-state index in [1.165, 1.54) is 0 Å². The Hall–Kier alpha value is -2.45. The van der Waals surface area contributed by atoms with Crippen molar-refractivity contribution in [2.45, 2.75) is 45.8 Å². The fourth-order valence-corrected chi connectivity index (χ4v) is 4.78. The molecule has 1 aromatic carbocycles. The molecule has 3 heterocycles. The molecule has 0 saturated carbocycles. The zero-order valence-corrected chi connectivity index (χ0v) is 19.0. The van der Waals surface area contributed by atoms with Crippen LogP contribution in [0.5, 0.6) is 5.75 Å². The molecule has 0 bridgehead atoms. The topological polar surface area (TPSA) is 72.7 Å². The molecule has 2 aromatic rings. The third kappa shape index (κ3) is 4.91. The third-order valence-corrected chi connectivity index (χ3v) is 6.31. The number of hydrogen-bond donors (Lipinski definition) is 0. The number of rotatable bonds is 5.